The first-order chi connectivity index (χ1) is 10.2. The highest BCUT2D eigenvalue weighted by atomic mass is 16.5. The van der Waals surface area contributed by atoms with Crippen molar-refractivity contribution in [2.24, 2.45) is 0 Å². The Hall–Kier alpha value is -1.64. The largest absolute Gasteiger partial charge is 0.421 e. The van der Waals surface area contributed by atoms with Crippen LogP contribution in [0.5, 0.6) is 5.75 Å². The third-order valence-corrected chi connectivity index (χ3v) is 3.44. The van der Waals surface area contributed by atoms with E-state index in [-0.39, 0.29) is 0 Å². The van der Waals surface area contributed by atoms with Crippen LogP contribution in [0.25, 0.3) is 0 Å². The van der Waals surface area contributed by atoms with Crippen molar-refractivity contribution in [1.29, 1.82) is 0 Å². The maximum absolute atomic E-state index is 11.6. The summed E-state index contributed by atoms with van der Waals surface area (Å²) in [6, 6.07) is 8.71. The molecule has 0 unspecified atom stereocenters. The van der Waals surface area contributed by atoms with Crippen molar-refractivity contribution in [2.45, 2.75) is 64.7 Å². The number of esters is 1. The zero-order valence-electron chi connectivity index (χ0n) is 13.0. The molecule has 0 heterocycles. The van der Waals surface area contributed by atoms with Crippen LogP contribution in [0, 0.1) is 0 Å². The molecule has 0 aliphatic rings. The van der Waals surface area contributed by atoms with E-state index in [4.69, 9.17) is 4.74 Å². The van der Waals surface area contributed by atoms with Gasteiger partial charge in [0, 0.05) is 6.42 Å². The lowest BCUT2D eigenvalue weighted by Gasteiger charge is -2.03. The summed E-state index contributed by atoms with van der Waals surface area (Å²) >= 11 is 0. The number of para-hydroxylation sites is 1. The average molecular weight is 290 g/mol. The van der Waals surface area contributed by atoms with E-state index in [0.717, 1.165) is 19.3 Å². The van der Waals surface area contributed by atoms with E-state index in [0.29, 0.717) is 12.2 Å². The molecule has 0 radical (unpaired) electrons. The Kier molecular flexibility index (Phi) is 9.18. The molecule has 0 aliphatic heterocycles. The van der Waals surface area contributed by atoms with Gasteiger partial charge in [-0.1, -0.05) is 70.1 Å². The fourth-order valence-corrected chi connectivity index (χ4v) is 2.17. The Bertz CT molecular complexity index is 412. The van der Waals surface area contributed by atoms with Crippen LogP contribution < -0.4 is 4.74 Å². The molecule has 0 spiro atoms. The van der Waals surface area contributed by atoms with Crippen LogP contribution in [0.2, 0.25) is 0 Å². The number of carbonyl (C=O) groups is 2. The highest BCUT2D eigenvalue weighted by molar-refractivity contribution is 6.34. The number of benzene rings is 1. The summed E-state index contributed by atoms with van der Waals surface area (Å²) in [5, 5.41) is 0. The van der Waals surface area contributed by atoms with Gasteiger partial charge in [0.25, 0.3) is 0 Å². The van der Waals surface area contributed by atoms with Gasteiger partial charge in [-0.2, -0.15) is 0 Å². The predicted octanol–water partition coefficient (Wildman–Crippen LogP) is 4.69. The van der Waals surface area contributed by atoms with Gasteiger partial charge in [-0.15, -0.1) is 0 Å². The summed E-state index contributed by atoms with van der Waals surface area (Å²) < 4.78 is 5.01. The maximum atomic E-state index is 11.6. The second-order valence-electron chi connectivity index (χ2n) is 5.35. The third-order valence-electron chi connectivity index (χ3n) is 3.44. The average Bonchev–Trinajstić information content (AvgIpc) is 2.50. The molecule has 1 aromatic carbocycles. The molecule has 0 atom stereocenters. The molecule has 0 saturated carbocycles. The first kappa shape index (κ1) is 17.4. The normalized spacial score (nSPS) is 10.3. The van der Waals surface area contributed by atoms with Crippen molar-refractivity contribution < 1.29 is 14.3 Å². The number of ketones is 1. The zero-order valence-corrected chi connectivity index (χ0v) is 13.0. The van der Waals surface area contributed by atoms with Crippen LogP contribution in [0.1, 0.15) is 64.7 Å². The van der Waals surface area contributed by atoms with Crippen molar-refractivity contribution in [1.82, 2.24) is 0 Å². The fraction of sp³-hybridized carbons (Fsp3) is 0.556. The number of rotatable bonds is 11. The predicted molar refractivity (Wildman–Crippen MR) is 84.3 cm³/mol. The SMILES string of the molecule is CCCCCCCCCCC(=O)C(=O)Oc1ccccc1. The lowest BCUT2D eigenvalue weighted by Crippen LogP contribution is -2.20. The van der Waals surface area contributed by atoms with Crippen molar-refractivity contribution in [2.75, 3.05) is 0 Å². The molecule has 1 aromatic rings. The molecule has 0 bridgehead atoms. The lowest BCUT2D eigenvalue weighted by atomic mass is 10.1. The summed E-state index contributed by atoms with van der Waals surface area (Å²) in [4.78, 5) is 23.2. The lowest BCUT2D eigenvalue weighted by molar-refractivity contribution is -0.147. The van der Waals surface area contributed by atoms with E-state index in [1.807, 2.05) is 6.07 Å². The first-order valence-corrected chi connectivity index (χ1v) is 8.04. The number of carbonyl (C=O) groups excluding carboxylic acids is 2. The van der Waals surface area contributed by atoms with Crippen LogP contribution in [0.15, 0.2) is 30.3 Å². The summed E-state index contributed by atoms with van der Waals surface area (Å²) in [6.07, 6.45) is 9.60. The number of hydrogen-bond acceptors (Lipinski definition) is 3. The Morgan fingerprint density at radius 2 is 1.43 bits per heavy atom. The minimum Gasteiger partial charge on any atom is -0.421 e. The van der Waals surface area contributed by atoms with Gasteiger partial charge in [0.05, 0.1) is 0 Å². The van der Waals surface area contributed by atoms with E-state index < -0.39 is 11.8 Å². The standard InChI is InChI=1S/C18H26O3/c1-2-3-4-5-6-7-8-12-15-17(19)18(20)21-16-13-10-9-11-14-16/h9-11,13-14H,2-8,12,15H2,1H3. The molecule has 0 N–H and O–H groups in total. The molecule has 21 heavy (non-hydrogen) atoms. The highest BCUT2D eigenvalue weighted by Gasteiger charge is 2.15. The highest BCUT2D eigenvalue weighted by Crippen LogP contribution is 2.11. The minimum absolute atomic E-state index is 0.292. The molecule has 0 aromatic heterocycles. The van der Waals surface area contributed by atoms with Gasteiger partial charge in [0.1, 0.15) is 5.75 Å². The smallest absolute Gasteiger partial charge is 0.379 e. The van der Waals surface area contributed by atoms with Crippen LogP contribution in [-0.2, 0) is 9.59 Å². The van der Waals surface area contributed by atoms with Crippen LogP contribution in [0.3, 0.4) is 0 Å². The topological polar surface area (TPSA) is 43.4 Å². The van der Waals surface area contributed by atoms with E-state index in [1.165, 1.54) is 32.1 Å². The molecule has 0 amide bonds. The van der Waals surface area contributed by atoms with Gasteiger partial charge < -0.3 is 4.74 Å². The minimum atomic E-state index is -0.746. The van der Waals surface area contributed by atoms with E-state index in [1.54, 1.807) is 24.3 Å². The number of ether oxygens (including phenoxy) is 1. The van der Waals surface area contributed by atoms with E-state index in [9.17, 15) is 9.59 Å². The van der Waals surface area contributed by atoms with E-state index in [2.05, 4.69) is 6.92 Å². The Morgan fingerprint density at radius 1 is 0.857 bits per heavy atom. The monoisotopic (exact) mass is 290 g/mol. The second kappa shape index (κ2) is 11.1. The molecule has 0 aliphatic carbocycles. The quantitative estimate of drug-likeness (QED) is 0.257. The van der Waals surface area contributed by atoms with Gasteiger partial charge in [0.15, 0.2) is 0 Å². The Morgan fingerprint density at radius 3 is 2.05 bits per heavy atom. The number of unbranched alkanes of at least 4 members (excludes halogenated alkanes) is 7. The Labute approximate surface area is 127 Å². The molecule has 3 nitrogen and oxygen atoms in total. The summed E-state index contributed by atoms with van der Waals surface area (Å²) in [5.41, 5.74) is 0. The fourth-order valence-electron chi connectivity index (χ4n) is 2.17. The summed E-state index contributed by atoms with van der Waals surface area (Å²) in [6.45, 7) is 2.21. The van der Waals surface area contributed by atoms with Crippen molar-refractivity contribution in [3.63, 3.8) is 0 Å². The summed E-state index contributed by atoms with van der Waals surface area (Å²) in [5.74, 6) is -0.749. The van der Waals surface area contributed by atoms with Gasteiger partial charge >= 0.3 is 5.97 Å². The van der Waals surface area contributed by atoms with E-state index >= 15 is 0 Å². The third kappa shape index (κ3) is 8.28. The molecule has 116 valence electrons. The molecule has 0 saturated heterocycles. The van der Waals surface area contributed by atoms with Crippen LogP contribution in [-0.4, -0.2) is 11.8 Å². The molecular weight excluding hydrogens is 264 g/mol. The maximum Gasteiger partial charge on any atom is 0.379 e. The van der Waals surface area contributed by atoms with Crippen LogP contribution >= 0.6 is 0 Å². The van der Waals surface area contributed by atoms with Gasteiger partial charge in [0.2, 0.25) is 5.78 Å². The first-order valence-electron chi connectivity index (χ1n) is 8.04. The van der Waals surface area contributed by atoms with Crippen molar-refractivity contribution >= 4 is 11.8 Å². The summed E-state index contributed by atoms with van der Waals surface area (Å²) in [7, 11) is 0. The second-order valence-corrected chi connectivity index (χ2v) is 5.35. The molecule has 3 heteroatoms. The number of hydrogen-bond donors (Lipinski definition) is 0. The number of Topliss-reactive ketones (excluding diaryl/α,β-unsaturated/α-hetero) is 1. The molecule has 1 rings (SSSR count). The van der Waals surface area contributed by atoms with Crippen molar-refractivity contribution in [3.05, 3.63) is 30.3 Å². The van der Waals surface area contributed by atoms with Crippen LogP contribution in [0.4, 0.5) is 0 Å². The van der Waals surface area contributed by atoms with Crippen molar-refractivity contribution in [3.8, 4) is 5.75 Å². The molecule has 0 fully saturated rings. The Balaban J connectivity index is 2.06. The zero-order chi connectivity index (χ0) is 15.3. The van der Waals surface area contributed by atoms with Gasteiger partial charge in [-0.05, 0) is 18.6 Å². The van der Waals surface area contributed by atoms with Gasteiger partial charge in [-0.3, -0.25) is 4.79 Å². The van der Waals surface area contributed by atoms with Gasteiger partial charge in [-0.25, -0.2) is 4.79 Å². The molecular formula is C18H26O3.